The molecule has 4 aromatic rings. The number of rotatable bonds is 6. The summed E-state index contributed by atoms with van der Waals surface area (Å²) in [4.78, 5) is 11.7. The number of ether oxygens (including phenoxy) is 2. The molecule has 0 unspecified atom stereocenters. The van der Waals surface area contributed by atoms with Crippen molar-refractivity contribution < 1.29 is 9.47 Å². The topological polar surface area (TPSA) is 93.5 Å². The van der Waals surface area contributed by atoms with Gasteiger partial charge in [-0.15, -0.1) is 0 Å². The number of aromatic amines is 1. The van der Waals surface area contributed by atoms with Crippen LogP contribution in [0.3, 0.4) is 0 Å². The molecule has 182 valence electrons. The fraction of sp³-hybridized carbons (Fsp3) is 0.462. The molecule has 2 fully saturated rings. The minimum atomic E-state index is 0.248. The third-order valence-corrected chi connectivity index (χ3v) is 7.40. The SMILES string of the molecule is COc1cc(-c2[nH]nc(-c3ccc(C4CCN(C5COC5)CC4)cn3)c2C(C)C)cn2ncnc12. The van der Waals surface area contributed by atoms with Crippen LogP contribution in [0.15, 0.2) is 36.9 Å². The first-order valence-corrected chi connectivity index (χ1v) is 12.4. The summed E-state index contributed by atoms with van der Waals surface area (Å²) < 4.78 is 12.7. The fourth-order valence-corrected chi connectivity index (χ4v) is 5.33. The Morgan fingerprint density at radius 3 is 2.63 bits per heavy atom. The molecule has 2 aliphatic heterocycles. The van der Waals surface area contributed by atoms with Gasteiger partial charge in [-0.3, -0.25) is 15.0 Å². The first kappa shape index (κ1) is 22.2. The quantitative estimate of drug-likeness (QED) is 0.454. The predicted octanol–water partition coefficient (Wildman–Crippen LogP) is 3.89. The van der Waals surface area contributed by atoms with Crippen molar-refractivity contribution in [3.63, 3.8) is 0 Å². The Bertz CT molecular complexity index is 1320. The number of hydrogen-bond acceptors (Lipinski definition) is 7. The van der Waals surface area contributed by atoms with E-state index in [1.165, 1.54) is 24.7 Å². The van der Waals surface area contributed by atoms with Crippen molar-refractivity contribution >= 4 is 5.65 Å². The van der Waals surface area contributed by atoms with Gasteiger partial charge in [0.25, 0.3) is 0 Å². The number of piperidine rings is 1. The number of nitrogens with one attached hydrogen (secondary N) is 1. The summed E-state index contributed by atoms with van der Waals surface area (Å²) in [6.45, 7) is 8.42. The van der Waals surface area contributed by atoms with Crippen LogP contribution in [0, 0.1) is 0 Å². The number of pyridine rings is 2. The minimum Gasteiger partial charge on any atom is -0.493 e. The molecule has 6 heterocycles. The Kier molecular flexibility index (Phi) is 5.74. The Morgan fingerprint density at radius 2 is 1.97 bits per heavy atom. The van der Waals surface area contributed by atoms with Crippen LogP contribution >= 0.6 is 0 Å². The summed E-state index contributed by atoms with van der Waals surface area (Å²) in [6, 6.07) is 6.96. The molecule has 9 heteroatoms. The Hall–Kier alpha value is -3.30. The standard InChI is InChI=1S/C26H31N7O2/c1-16(2)23-24(19-10-22(34-3)26-28-15-29-33(26)12-19)30-31-25(23)21-5-4-18(11-27-21)17-6-8-32(9-7-17)20-13-35-14-20/h4-5,10-12,15-17,20H,6-9,13-14H2,1-3H3,(H,30,31). The van der Waals surface area contributed by atoms with Crippen LogP contribution in [-0.4, -0.2) is 74.1 Å². The van der Waals surface area contributed by atoms with E-state index in [1.807, 2.05) is 18.5 Å². The van der Waals surface area contributed by atoms with Crippen LogP contribution in [0.1, 0.15) is 49.7 Å². The maximum atomic E-state index is 5.56. The molecular weight excluding hydrogens is 442 g/mol. The molecule has 0 radical (unpaired) electrons. The number of hydrogen-bond donors (Lipinski definition) is 1. The molecule has 35 heavy (non-hydrogen) atoms. The molecule has 0 bridgehead atoms. The predicted molar refractivity (Wildman–Crippen MR) is 133 cm³/mol. The molecule has 0 aliphatic carbocycles. The van der Waals surface area contributed by atoms with E-state index in [0.717, 1.165) is 54.5 Å². The van der Waals surface area contributed by atoms with E-state index >= 15 is 0 Å². The van der Waals surface area contributed by atoms with Crippen LogP contribution < -0.4 is 4.74 Å². The van der Waals surface area contributed by atoms with E-state index in [2.05, 4.69) is 46.1 Å². The Labute approximate surface area is 204 Å². The third kappa shape index (κ3) is 3.98. The van der Waals surface area contributed by atoms with Gasteiger partial charge in [0.15, 0.2) is 11.4 Å². The fourth-order valence-electron chi connectivity index (χ4n) is 5.33. The lowest BCUT2D eigenvalue weighted by Crippen LogP contribution is -2.51. The highest BCUT2D eigenvalue weighted by molar-refractivity contribution is 5.75. The van der Waals surface area contributed by atoms with Crippen LogP contribution in [-0.2, 0) is 4.74 Å². The van der Waals surface area contributed by atoms with Crippen molar-refractivity contribution in [2.75, 3.05) is 33.4 Å². The molecule has 9 nitrogen and oxygen atoms in total. The summed E-state index contributed by atoms with van der Waals surface area (Å²) in [7, 11) is 1.65. The van der Waals surface area contributed by atoms with Crippen molar-refractivity contribution in [3.05, 3.63) is 48.0 Å². The normalized spacial score (nSPS) is 17.8. The number of likely N-dealkylation sites (tertiary alicyclic amines) is 1. The summed E-state index contributed by atoms with van der Waals surface area (Å²) >= 11 is 0. The molecule has 0 saturated carbocycles. The summed E-state index contributed by atoms with van der Waals surface area (Å²) in [6.07, 6.45) is 7.88. The lowest BCUT2D eigenvalue weighted by Gasteiger charge is -2.41. The van der Waals surface area contributed by atoms with Crippen molar-refractivity contribution in [1.82, 2.24) is 34.7 Å². The minimum absolute atomic E-state index is 0.248. The van der Waals surface area contributed by atoms with Crippen LogP contribution in [0.4, 0.5) is 0 Å². The first-order chi connectivity index (χ1) is 17.1. The molecule has 0 atom stereocenters. The van der Waals surface area contributed by atoms with E-state index < -0.39 is 0 Å². The van der Waals surface area contributed by atoms with Gasteiger partial charge in [-0.2, -0.15) is 10.2 Å². The Balaban J connectivity index is 1.27. The zero-order chi connectivity index (χ0) is 23.9. The highest BCUT2D eigenvalue weighted by Gasteiger charge is 2.30. The summed E-state index contributed by atoms with van der Waals surface area (Å²) in [5.41, 5.74) is 6.80. The molecule has 0 spiro atoms. The molecule has 4 aromatic heterocycles. The van der Waals surface area contributed by atoms with Gasteiger partial charge in [0, 0.05) is 23.5 Å². The second-order valence-electron chi connectivity index (χ2n) is 9.82. The lowest BCUT2D eigenvalue weighted by atomic mass is 9.89. The highest BCUT2D eigenvalue weighted by Crippen LogP contribution is 2.37. The zero-order valence-corrected chi connectivity index (χ0v) is 20.4. The van der Waals surface area contributed by atoms with Gasteiger partial charge in [-0.1, -0.05) is 19.9 Å². The molecule has 1 N–H and O–H groups in total. The van der Waals surface area contributed by atoms with Gasteiger partial charge in [0.2, 0.25) is 0 Å². The molecular formula is C26H31N7O2. The van der Waals surface area contributed by atoms with Gasteiger partial charge < -0.3 is 9.47 Å². The second-order valence-corrected chi connectivity index (χ2v) is 9.82. The van der Waals surface area contributed by atoms with Crippen molar-refractivity contribution in [2.45, 2.75) is 44.6 Å². The number of methoxy groups -OCH3 is 1. The Morgan fingerprint density at radius 1 is 1.14 bits per heavy atom. The van der Waals surface area contributed by atoms with E-state index in [0.29, 0.717) is 23.4 Å². The van der Waals surface area contributed by atoms with Crippen molar-refractivity contribution in [3.8, 4) is 28.4 Å². The largest absolute Gasteiger partial charge is 0.493 e. The smallest absolute Gasteiger partial charge is 0.197 e. The van der Waals surface area contributed by atoms with Crippen LogP contribution in [0.25, 0.3) is 28.3 Å². The zero-order valence-electron chi connectivity index (χ0n) is 20.4. The maximum absolute atomic E-state index is 5.56. The number of aromatic nitrogens is 6. The van der Waals surface area contributed by atoms with E-state index in [-0.39, 0.29) is 5.92 Å². The highest BCUT2D eigenvalue weighted by atomic mass is 16.5. The number of fused-ring (bicyclic) bond motifs is 1. The molecule has 6 rings (SSSR count). The molecule has 0 amide bonds. The third-order valence-electron chi connectivity index (χ3n) is 7.40. The van der Waals surface area contributed by atoms with Gasteiger partial charge >= 0.3 is 0 Å². The monoisotopic (exact) mass is 473 g/mol. The average Bonchev–Trinajstić information content (AvgIpc) is 3.50. The van der Waals surface area contributed by atoms with Gasteiger partial charge in [0.05, 0.1) is 37.8 Å². The van der Waals surface area contributed by atoms with Crippen molar-refractivity contribution in [1.29, 1.82) is 0 Å². The molecule has 2 saturated heterocycles. The number of nitrogens with zero attached hydrogens (tertiary/aromatic N) is 6. The first-order valence-electron chi connectivity index (χ1n) is 12.4. The lowest BCUT2D eigenvalue weighted by molar-refractivity contribution is -0.0712. The number of H-pyrrole nitrogens is 1. The van der Waals surface area contributed by atoms with Gasteiger partial charge in [0.1, 0.15) is 12.0 Å². The van der Waals surface area contributed by atoms with E-state index in [9.17, 15) is 0 Å². The average molecular weight is 474 g/mol. The van der Waals surface area contributed by atoms with Gasteiger partial charge in [-0.25, -0.2) is 9.50 Å². The second kappa shape index (κ2) is 9.05. The van der Waals surface area contributed by atoms with E-state index in [4.69, 9.17) is 19.6 Å². The molecule has 2 aliphatic rings. The summed E-state index contributed by atoms with van der Waals surface area (Å²) in [5, 5.41) is 12.3. The van der Waals surface area contributed by atoms with Crippen molar-refractivity contribution in [2.24, 2.45) is 0 Å². The summed E-state index contributed by atoms with van der Waals surface area (Å²) in [5.74, 6) is 1.48. The van der Waals surface area contributed by atoms with Gasteiger partial charge in [-0.05, 0) is 55.5 Å². The maximum Gasteiger partial charge on any atom is 0.197 e. The van der Waals surface area contributed by atoms with Crippen LogP contribution in [0.2, 0.25) is 0 Å². The van der Waals surface area contributed by atoms with E-state index in [1.54, 1.807) is 11.6 Å². The molecule has 0 aromatic carbocycles. The van der Waals surface area contributed by atoms with Crippen LogP contribution in [0.5, 0.6) is 5.75 Å².